The van der Waals surface area contributed by atoms with Crippen molar-refractivity contribution in [2.24, 2.45) is 7.05 Å². The molecule has 0 saturated carbocycles. The van der Waals surface area contributed by atoms with Crippen LogP contribution in [-0.2, 0) is 31.4 Å². The number of aromatic nitrogens is 5. The molecule has 3 heterocycles. The van der Waals surface area contributed by atoms with Crippen molar-refractivity contribution in [1.29, 1.82) is 0 Å². The molecule has 3 aromatic heterocycles. The maximum absolute atomic E-state index is 14.1. The maximum Gasteiger partial charge on any atom is 0.160 e. The second kappa shape index (κ2) is 9.46. The van der Waals surface area contributed by atoms with Crippen LogP contribution in [-0.4, -0.2) is 45.1 Å². The van der Waals surface area contributed by atoms with E-state index >= 15 is 0 Å². The molecule has 0 spiro atoms. The van der Waals surface area contributed by atoms with Gasteiger partial charge in [-0.15, -0.1) is 10.2 Å². The summed E-state index contributed by atoms with van der Waals surface area (Å²) in [6, 6.07) is 8.43. The number of hydrogen-bond donors (Lipinski definition) is 1. The van der Waals surface area contributed by atoms with Crippen molar-refractivity contribution < 1.29 is 13.9 Å². The van der Waals surface area contributed by atoms with E-state index in [9.17, 15) is 4.39 Å². The lowest BCUT2D eigenvalue weighted by atomic mass is 10.1. The van der Waals surface area contributed by atoms with Gasteiger partial charge in [0.25, 0.3) is 0 Å². The quantitative estimate of drug-likeness (QED) is 0.433. The number of methoxy groups -OCH3 is 1. The topological polar surface area (TPSA) is 78.5 Å². The average molecular weight is 439 g/mol. The van der Waals surface area contributed by atoms with Gasteiger partial charge in [-0.1, -0.05) is 0 Å². The first kappa shape index (κ1) is 21.9. The van der Waals surface area contributed by atoms with Gasteiger partial charge in [0.1, 0.15) is 11.6 Å². The largest absolute Gasteiger partial charge is 0.492 e. The van der Waals surface area contributed by atoms with Gasteiger partial charge < -0.3 is 14.8 Å². The molecule has 0 atom stereocenters. The average Bonchev–Trinajstić information content (AvgIpc) is 3.30. The molecule has 4 aromatic rings. The Kier molecular flexibility index (Phi) is 6.48. The Labute approximate surface area is 186 Å². The van der Waals surface area contributed by atoms with E-state index in [2.05, 4.69) is 20.6 Å². The minimum atomic E-state index is -0.345. The number of fused-ring (bicyclic) bond motifs is 1. The lowest BCUT2D eigenvalue weighted by Crippen LogP contribution is -2.09. The van der Waals surface area contributed by atoms with Crippen LogP contribution in [0.3, 0.4) is 0 Å². The Morgan fingerprint density at radius 3 is 2.78 bits per heavy atom. The zero-order valence-corrected chi connectivity index (χ0v) is 18.7. The number of halogens is 1. The van der Waals surface area contributed by atoms with Crippen LogP contribution in [0.1, 0.15) is 22.8 Å². The van der Waals surface area contributed by atoms with Gasteiger partial charge in [-0.2, -0.15) is 5.10 Å². The normalized spacial score (nSPS) is 11.4. The first-order chi connectivity index (χ1) is 15.5. The number of nitrogens with one attached hydrogen (secondary N) is 1. The van der Waals surface area contributed by atoms with Gasteiger partial charge in [0.2, 0.25) is 0 Å². The molecule has 0 aliphatic heterocycles. The Bertz CT molecular complexity index is 1230. The van der Waals surface area contributed by atoms with Crippen LogP contribution in [0.25, 0.3) is 16.8 Å². The van der Waals surface area contributed by atoms with E-state index in [1.807, 2.05) is 48.4 Å². The summed E-state index contributed by atoms with van der Waals surface area (Å²) < 4.78 is 29.2. The SMILES string of the molecule is CNCc1nnc2ccc(-c3ccc(F)cc3OCCc3c(COC)nn(C)c3C)cn12. The highest BCUT2D eigenvalue weighted by atomic mass is 19.1. The molecular weight excluding hydrogens is 411 g/mol. The molecule has 0 aliphatic rings. The molecule has 0 aliphatic carbocycles. The molecule has 1 N–H and O–H groups in total. The monoisotopic (exact) mass is 438 g/mol. The third kappa shape index (κ3) is 4.35. The minimum absolute atomic E-state index is 0.345. The fourth-order valence-electron chi connectivity index (χ4n) is 3.79. The third-order valence-electron chi connectivity index (χ3n) is 5.49. The van der Waals surface area contributed by atoms with Crippen LogP contribution in [0.4, 0.5) is 4.39 Å². The first-order valence-corrected chi connectivity index (χ1v) is 10.4. The summed E-state index contributed by atoms with van der Waals surface area (Å²) in [7, 11) is 5.42. The molecule has 0 saturated heterocycles. The van der Waals surface area contributed by atoms with Crippen molar-refractivity contribution >= 4 is 5.65 Å². The molecule has 0 radical (unpaired) electrons. The Morgan fingerprint density at radius 2 is 2.00 bits per heavy atom. The van der Waals surface area contributed by atoms with E-state index in [-0.39, 0.29) is 5.82 Å². The number of ether oxygens (including phenoxy) is 2. The molecule has 168 valence electrons. The van der Waals surface area contributed by atoms with Crippen molar-refractivity contribution in [3.8, 4) is 16.9 Å². The predicted octanol–water partition coefficient (Wildman–Crippen LogP) is 3.06. The summed E-state index contributed by atoms with van der Waals surface area (Å²) in [4.78, 5) is 0. The summed E-state index contributed by atoms with van der Waals surface area (Å²) in [5, 5.41) is 16.0. The Morgan fingerprint density at radius 1 is 1.16 bits per heavy atom. The highest BCUT2D eigenvalue weighted by Gasteiger charge is 2.15. The second-order valence-electron chi connectivity index (χ2n) is 7.60. The minimum Gasteiger partial charge on any atom is -0.492 e. The molecular formula is C23H27FN6O2. The molecule has 9 heteroatoms. The first-order valence-electron chi connectivity index (χ1n) is 10.4. The van der Waals surface area contributed by atoms with E-state index in [0.717, 1.165) is 39.5 Å². The fraction of sp³-hybridized carbons (Fsp3) is 0.348. The van der Waals surface area contributed by atoms with Crippen molar-refractivity contribution in [2.75, 3.05) is 20.8 Å². The molecule has 0 bridgehead atoms. The van der Waals surface area contributed by atoms with E-state index in [1.165, 1.54) is 12.1 Å². The van der Waals surface area contributed by atoms with Gasteiger partial charge in [0.05, 0.1) is 25.5 Å². The summed E-state index contributed by atoms with van der Waals surface area (Å²) in [6.07, 6.45) is 2.59. The lowest BCUT2D eigenvalue weighted by Gasteiger charge is -2.13. The lowest BCUT2D eigenvalue weighted by molar-refractivity contribution is 0.180. The van der Waals surface area contributed by atoms with Gasteiger partial charge in [0, 0.05) is 55.2 Å². The summed E-state index contributed by atoms with van der Waals surface area (Å²) in [5.74, 6) is 0.941. The zero-order valence-electron chi connectivity index (χ0n) is 18.7. The van der Waals surface area contributed by atoms with Crippen molar-refractivity contribution in [2.45, 2.75) is 26.5 Å². The van der Waals surface area contributed by atoms with Crippen LogP contribution >= 0.6 is 0 Å². The number of hydrogen-bond acceptors (Lipinski definition) is 6. The summed E-state index contributed by atoms with van der Waals surface area (Å²) in [5.41, 5.74) is 5.50. The van der Waals surface area contributed by atoms with Gasteiger partial charge >= 0.3 is 0 Å². The van der Waals surface area contributed by atoms with Gasteiger partial charge in [0.15, 0.2) is 11.5 Å². The van der Waals surface area contributed by atoms with Gasteiger partial charge in [-0.3, -0.25) is 9.08 Å². The van der Waals surface area contributed by atoms with Crippen LogP contribution in [0.15, 0.2) is 36.5 Å². The number of benzene rings is 1. The van der Waals surface area contributed by atoms with E-state index in [4.69, 9.17) is 9.47 Å². The fourth-order valence-corrected chi connectivity index (χ4v) is 3.79. The second-order valence-corrected chi connectivity index (χ2v) is 7.60. The highest BCUT2D eigenvalue weighted by molar-refractivity contribution is 5.71. The molecule has 1 aromatic carbocycles. The van der Waals surface area contributed by atoms with Gasteiger partial charge in [-0.25, -0.2) is 4.39 Å². The van der Waals surface area contributed by atoms with Crippen LogP contribution in [0.5, 0.6) is 5.75 Å². The molecule has 0 unspecified atom stereocenters. The van der Waals surface area contributed by atoms with Crippen molar-refractivity contribution in [3.05, 3.63) is 65.1 Å². The van der Waals surface area contributed by atoms with E-state index < -0.39 is 0 Å². The van der Waals surface area contributed by atoms with Crippen molar-refractivity contribution in [1.82, 2.24) is 29.7 Å². The summed E-state index contributed by atoms with van der Waals surface area (Å²) >= 11 is 0. The van der Waals surface area contributed by atoms with Gasteiger partial charge in [-0.05, 0) is 38.2 Å². The third-order valence-corrected chi connectivity index (χ3v) is 5.49. The smallest absolute Gasteiger partial charge is 0.160 e. The van der Waals surface area contributed by atoms with Crippen LogP contribution in [0.2, 0.25) is 0 Å². The van der Waals surface area contributed by atoms with Crippen LogP contribution < -0.4 is 10.1 Å². The number of nitrogens with zero attached hydrogens (tertiary/aromatic N) is 5. The Balaban J connectivity index is 1.60. The molecule has 4 rings (SSSR count). The standard InChI is InChI=1S/C23H27FN6O2/c1-15-18(20(14-31-4)28-29(15)3)9-10-32-21-11-17(24)6-7-19(21)16-5-8-22-26-27-23(12-25-2)30(22)13-16/h5-8,11,13,25H,9-10,12,14H2,1-4H3. The van der Waals surface area contributed by atoms with E-state index in [0.29, 0.717) is 31.9 Å². The van der Waals surface area contributed by atoms with Crippen molar-refractivity contribution in [3.63, 3.8) is 0 Å². The zero-order chi connectivity index (χ0) is 22.7. The predicted molar refractivity (Wildman–Crippen MR) is 119 cm³/mol. The van der Waals surface area contributed by atoms with Crippen LogP contribution in [0, 0.1) is 12.7 Å². The number of pyridine rings is 1. The van der Waals surface area contributed by atoms with E-state index in [1.54, 1.807) is 13.2 Å². The highest BCUT2D eigenvalue weighted by Crippen LogP contribution is 2.31. The molecule has 8 nitrogen and oxygen atoms in total. The molecule has 0 amide bonds. The molecule has 0 fully saturated rings. The number of aryl methyl sites for hydroxylation is 1. The Hall–Kier alpha value is -3.30. The summed E-state index contributed by atoms with van der Waals surface area (Å²) in [6.45, 7) is 3.44. The maximum atomic E-state index is 14.1. The molecule has 32 heavy (non-hydrogen) atoms. The number of rotatable bonds is 9.